The Morgan fingerprint density at radius 2 is 2.11 bits per heavy atom. The molecule has 0 aromatic heterocycles. The van der Waals surface area contributed by atoms with Crippen LogP contribution in [0.3, 0.4) is 0 Å². The fourth-order valence-electron chi connectivity index (χ4n) is 2.15. The molecule has 0 aliphatic carbocycles. The fraction of sp³-hybridized carbons (Fsp3) is 0.500. The molecule has 2 rings (SSSR count). The third-order valence-electron chi connectivity index (χ3n) is 3.15. The molecule has 0 radical (unpaired) electrons. The quantitative estimate of drug-likeness (QED) is 0.878. The van der Waals surface area contributed by atoms with Crippen LogP contribution in [0.4, 0.5) is 0 Å². The maximum Gasteiger partial charge on any atom is 0.224 e. The summed E-state index contributed by atoms with van der Waals surface area (Å²) in [4.78, 5) is 11.8. The Hall–Kier alpha value is -1.06. The Kier molecular flexibility index (Phi) is 6.16. The first-order valence-corrected chi connectivity index (χ1v) is 6.29. The van der Waals surface area contributed by atoms with Crippen molar-refractivity contribution < 1.29 is 4.79 Å². The molecule has 1 atom stereocenters. The van der Waals surface area contributed by atoms with Crippen molar-refractivity contribution >= 4 is 18.3 Å². The molecule has 0 saturated carbocycles. The van der Waals surface area contributed by atoms with Gasteiger partial charge in [-0.2, -0.15) is 0 Å². The molecule has 1 aromatic rings. The maximum absolute atomic E-state index is 11.8. The van der Waals surface area contributed by atoms with E-state index in [1.54, 1.807) is 0 Å². The molecule has 2 N–H and O–H groups in total. The molecule has 1 saturated heterocycles. The van der Waals surface area contributed by atoms with E-state index in [1.807, 2.05) is 24.3 Å². The number of rotatable bonds is 3. The molecule has 18 heavy (non-hydrogen) atoms. The number of carbonyl (C=O) groups is 1. The van der Waals surface area contributed by atoms with Crippen molar-refractivity contribution in [2.75, 3.05) is 13.1 Å². The van der Waals surface area contributed by atoms with Gasteiger partial charge in [0.05, 0.1) is 6.42 Å². The highest BCUT2D eigenvalue weighted by Gasteiger charge is 2.15. The van der Waals surface area contributed by atoms with Gasteiger partial charge >= 0.3 is 0 Å². The summed E-state index contributed by atoms with van der Waals surface area (Å²) in [7, 11) is 0. The molecular weight excluding hydrogens is 248 g/mol. The molecule has 1 aliphatic rings. The highest BCUT2D eigenvalue weighted by Crippen LogP contribution is 2.05. The van der Waals surface area contributed by atoms with Gasteiger partial charge in [0.15, 0.2) is 0 Å². The van der Waals surface area contributed by atoms with Gasteiger partial charge in [0.25, 0.3) is 0 Å². The van der Waals surface area contributed by atoms with E-state index in [4.69, 9.17) is 0 Å². The number of hydrogen-bond acceptors (Lipinski definition) is 2. The SMILES string of the molecule is Cc1ccc(CC(=O)NC2CCCNC2)cc1.Cl. The maximum atomic E-state index is 11.8. The number of carbonyl (C=O) groups excluding carboxylic acids is 1. The number of halogens is 1. The molecule has 1 heterocycles. The Morgan fingerprint density at radius 3 is 2.72 bits per heavy atom. The third kappa shape index (κ3) is 4.67. The van der Waals surface area contributed by atoms with Crippen molar-refractivity contribution in [3.05, 3.63) is 35.4 Å². The lowest BCUT2D eigenvalue weighted by atomic mass is 10.1. The van der Waals surface area contributed by atoms with Gasteiger partial charge in [0.1, 0.15) is 0 Å². The summed E-state index contributed by atoms with van der Waals surface area (Å²) in [5, 5.41) is 6.38. The fourth-order valence-corrected chi connectivity index (χ4v) is 2.15. The predicted molar refractivity (Wildman–Crippen MR) is 76.2 cm³/mol. The van der Waals surface area contributed by atoms with Gasteiger partial charge in [0, 0.05) is 12.6 Å². The van der Waals surface area contributed by atoms with Gasteiger partial charge in [-0.3, -0.25) is 4.79 Å². The molecule has 4 heteroatoms. The summed E-state index contributed by atoms with van der Waals surface area (Å²) in [6.07, 6.45) is 2.72. The third-order valence-corrected chi connectivity index (χ3v) is 3.15. The Morgan fingerprint density at radius 1 is 1.39 bits per heavy atom. The monoisotopic (exact) mass is 268 g/mol. The van der Waals surface area contributed by atoms with Crippen LogP contribution in [0.1, 0.15) is 24.0 Å². The van der Waals surface area contributed by atoms with Gasteiger partial charge in [-0.05, 0) is 31.9 Å². The normalized spacial score (nSPS) is 18.8. The molecule has 1 aromatic carbocycles. The average Bonchev–Trinajstić information content (AvgIpc) is 2.33. The van der Waals surface area contributed by atoms with Crippen LogP contribution >= 0.6 is 12.4 Å². The lowest BCUT2D eigenvalue weighted by Gasteiger charge is -2.23. The number of benzene rings is 1. The topological polar surface area (TPSA) is 41.1 Å². The van der Waals surface area contributed by atoms with E-state index in [9.17, 15) is 4.79 Å². The summed E-state index contributed by atoms with van der Waals surface area (Å²) in [5.74, 6) is 0.127. The summed E-state index contributed by atoms with van der Waals surface area (Å²) in [5.41, 5.74) is 2.31. The van der Waals surface area contributed by atoms with E-state index in [0.29, 0.717) is 12.5 Å². The first kappa shape index (κ1) is 15.0. The second-order valence-corrected chi connectivity index (χ2v) is 4.77. The first-order chi connectivity index (χ1) is 8.24. The van der Waals surface area contributed by atoms with Crippen LogP contribution in [0.2, 0.25) is 0 Å². The van der Waals surface area contributed by atoms with Crippen LogP contribution in [-0.4, -0.2) is 25.0 Å². The zero-order valence-corrected chi connectivity index (χ0v) is 11.6. The van der Waals surface area contributed by atoms with E-state index < -0.39 is 0 Å². The zero-order chi connectivity index (χ0) is 12.1. The van der Waals surface area contributed by atoms with E-state index in [-0.39, 0.29) is 18.3 Å². The van der Waals surface area contributed by atoms with Crippen molar-refractivity contribution in [2.45, 2.75) is 32.2 Å². The summed E-state index contributed by atoms with van der Waals surface area (Å²) >= 11 is 0. The minimum absolute atomic E-state index is 0. The smallest absolute Gasteiger partial charge is 0.224 e. The molecular formula is C14H21ClN2O. The largest absolute Gasteiger partial charge is 0.352 e. The Balaban J connectivity index is 0.00000162. The van der Waals surface area contributed by atoms with Crippen LogP contribution in [0.15, 0.2) is 24.3 Å². The van der Waals surface area contributed by atoms with Crippen molar-refractivity contribution in [1.82, 2.24) is 10.6 Å². The molecule has 1 aliphatic heterocycles. The number of piperidine rings is 1. The van der Waals surface area contributed by atoms with Crippen molar-refractivity contribution in [2.24, 2.45) is 0 Å². The molecule has 1 fully saturated rings. The van der Waals surface area contributed by atoms with E-state index in [2.05, 4.69) is 17.6 Å². The number of hydrogen-bond donors (Lipinski definition) is 2. The van der Waals surface area contributed by atoms with Crippen molar-refractivity contribution in [3.63, 3.8) is 0 Å². The van der Waals surface area contributed by atoms with E-state index >= 15 is 0 Å². The first-order valence-electron chi connectivity index (χ1n) is 6.29. The Labute approximate surface area is 115 Å². The zero-order valence-electron chi connectivity index (χ0n) is 10.7. The average molecular weight is 269 g/mol. The van der Waals surface area contributed by atoms with Crippen molar-refractivity contribution in [3.8, 4) is 0 Å². The van der Waals surface area contributed by atoms with Crippen molar-refractivity contribution in [1.29, 1.82) is 0 Å². The minimum atomic E-state index is 0. The number of aryl methyl sites for hydroxylation is 1. The molecule has 0 bridgehead atoms. The molecule has 100 valence electrons. The van der Waals surface area contributed by atoms with Gasteiger partial charge in [0.2, 0.25) is 5.91 Å². The summed E-state index contributed by atoms with van der Waals surface area (Å²) < 4.78 is 0. The standard InChI is InChI=1S/C14H20N2O.ClH/c1-11-4-6-12(7-5-11)9-14(17)16-13-3-2-8-15-10-13;/h4-7,13,15H,2-3,8-10H2,1H3,(H,16,17);1H. The summed E-state index contributed by atoms with van der Waals surface area (Å²) in [6, 6.07) is 8.44. The number of nitrogens with one attached hydrogen (secondary N) is 2. The lowest BCUT2D eigenvalue weighted by Crippen LogP contribution is -2.46. The second kappa shape index (κ2) is 7.39. The van der Waals surface area contributed by atoms with Gasteiger partial charge in [-0.25, -0.2) is 0 Å². The summed E-state index contributed by atoms with van der Waals surface area (Å²) in [6.45, 7) is 4.03. The van der Waals surface area contributed by atoms with Gasteiger partial charge in [-0.15, -0.1) is 12.4 Å². The molecule has 1 unspecified atom stereocenters. The van der Waals surface area contributed by atoms with Crippen LogP contribution in [0, 0.1) is 6.92 Å². The van der Waals surface area contributed by atoms with Gasteiger partial charge < -0.3 is 10.6 Å². The highest BCUT2D eigenvalue weighted by atomic mass is 35.5. The van der Waals surface area contributed by atoms with Crippen LogP contribution in [0.25, 0.3) is 0 Å². The Bertz CT molecular complexity index is 372. The second-order valence-electron chi connectivity index (χ2n) is 4.77. The molecule has 1 amide bonds. The van der Waals surface area contributed by atoms with Crippen LogP contribution in [-0.2, 0) is 11.2 Å². The van der Waals surface area contributed by atoms with E-state index in [0.717, 1.165) is 31.5 Å². The van der Waals surface area contributed by atoms with Crippen LogP contribution < -0.4 is 10.6 Å². The highest BCUT2D eigenvalue weighted by molar-refractivity contribution is 5.85. The lowest BCUT2D eigenvalue weighted by molar-refractivity contribution is -0.121. The molecule has 0 spiro atoms. The van der Waals surface area contributed by atoms with Gasteiger partial charge in [-0.1, -0.05) is 29.8 Å². The van der Waals surface area contributed by atoms with E-state index in [1.165, 1.54) is 5.56 Å². The predicted octanol–water partition coefficient (Wildman–Crippen LogP) is 1.83. The van der Waals surface area contributed by atoms with Crippen LogP contribution in [0.5, 0.6) is 0 Å². The minimum Gasteiger partial charge on any atom is -0.352 e. The molecule has 3 nitrogen and oxygen atoms in total. The number of amides is 1.